The van der Waals surface area contributed by atoms with E-state index in [1.54, 1.807) is 19.1 Å². The topological polar surface area (TPSA) is 81.3 Å². The molecule has 2 aromatic rings. The highest BCUT2D eigenvalue weighted by Gasteiger charge is 2.50. The van der Waals surface area contributed by atoms with Crippen molar-refractivity contribution >= 4 is 12.3 Å². The average Bonchev–Trinajstić information content (AvgIpc) is 3.33. The van der Waals surface area contributed by atoms with Gasteiger partial charge < -0.3 is 14.3 Å². The fourth-order valence-electron chi connectivity index (χ4n) is 3.54. The summed E-state index contributed by atoms with van der Waals surface area (Å²) in [4.78, 5) is 23.9. The molecule has 6 nitrogen and oxygen atoms in total. The number of halogens is 2. The molecule has 0 bridgehead atoms. The number of ether oxygens (including phenoxy) is 2. The van der Waals surface area contributed by atoms with Gasteiger partial charge in [0.15, 0.2) is 6.61 Å². The molecular weight excluding hydrogens is 394 g/mol. The number of H-pyrrole nitrogens is 1. The first-order valence-corrected chi connectivity index (χ1v) is 9.86. The number of carbonyl (C=O) groups is 2. The van der Waals surface area contributed by atoms with Crippen LogP contribution in [-0.2, 0) is 26.2 Å². The zero-order chi connectivity index (χ0) is 21.8. The number of nitrogens with zero attached hydrogens (tertiary/aromatic N) is 1. The molecule has 1 N–H and O–H groups in total. The maximum atomic E-state index is 14.3. The smallest absolute Gasteiger partial charge is 0.312 e. The van der Waals surface area contributed by atoms with E-state index in [1.807, 2.05) is 12.1 Å². The van der Waals surface area contributed by atoms with Gasteiger partial charge in [-0.1, -0.05) is 24.3 Å². The van der Waals surface area contributed by atoms with Crippen molar-refractivity contribution in [3.63, 3.8) is 0 Å². The van der Waals surface area contributed by atoms with Gasteiger partial charge in [-0.25, -0.2) is 13.9 Å². The Balaban J connectivity index is 1.66. The molecule has 30 heavy (non-hydrogen) atoms. The second kappa shape index (κ2) is 8.53. The molecule has 8 heteroatoms. The monoisotopic (exact) mass is 420 g/mol. The van der Waals surface area contributed by atoms with Gasteiger partial charge in [0.05, 0.1) is 18.7 Å². The Bertz CT molecular complexity index is 881. The van der Waals surface area contributed by atoms with E-state index in [1.165, 1.54) is 19.4 Å². The number of nitrogens with one attached hydrogen (secondary N) is 1. The summed E-state index contributed by atoms with van der Waals surface area (Å²) in [6.07, 6.45) is 3.61. The molecule has 1 aliphatic carbocycles. The van der Waals surface area contributed by atoms with Crippen LogP contribution >= 0.6 is 0 Å². The molecule has 1 fully saturated rings. The summed E-state index contributed by atoms with van der Waals surface area (Å²) in [6, 6.07) is 8.72. The Kier molecular flexibility index (Phi) is 6.24. The van der Waals surface area contributed by atoms with Crippen LogP contribution in [0, 0.1) is 5.41 Å². The summed E-state index contributed by atoms with van der Waals surface area (Å²) in [5, 5.41) is 6.11. The number of methoxy groups -OCH3 is 1. The van der Waals surface area contributed by atoms with Crippen molar-refractivity contribution in [1.82, 2.24) is 10.2 Å². The molecule has 1 saturated carbocycles. The maximum absolute atomic E-state index is 14.3. The van der Waals surface area contributed by atoms with Gasteiger partial charge in [-0.05, 0) is 43.7 Å². The lowest BCUT2D eigenvalue weighted by atomic mass is 9.78. The van der Waals surface area contributed by atoms with Crippen LogP contribution in [-0.4, -0.2) is 42.1 Å². The van der Waals surface area contributed by atoms with Crippen LogP contribution in [0.15, 0.2) is 36.5 Å². The van der Waals surface area contributed by atoms with Crippen molar-refractivity contribution in [2.24, 2.45) is 5.41 Å². The minimum Gasteiger partial charge on any atom is -0.472 e. The van der Waals surface area contributed by atoms with Crippen molar-refractivity contribution in [2.75, 3.05) is 13.7 Å². The Labute approximate surface area is 174 Å². The second-order valence-corrected chi connectivity index (χ2v) is 8.25. The third kappa shape index (κ3) is 5.04. The molecule has 162 valence electrons. The third-order valence-corrected chi connectivity index (χ3v) is 5.79. The van der Waals surface area contributed by atoms with Crippen molar-refractivity contribution in [2.45, 2.75) is 50.4 Å². The zero-order valence-electron chi connectivity index (χ0n) is 17.1. The van der Waals surface area contributed by atoms with Gasteiger partial charge in [0, 0.05) is 17.9 Å². The SMILES string of the molecule is COC(=O)C1(Cc2cccc(C(C)(C=O)CCC(F)(F)COc3ccn[nH]3)c2)CC1. The number of alkyl halides is 2. The molecule has 1 unspecified atom stereocenters. The lowest BCUT2D eigenvalue weighted by molar-refractivity contribution is -0.147. The van der Waals surface area contributed by atoms with Crippen molar-refractivity contribution in [1.29, 1.82) is 0 Å². The van der Waals surface area contributed by atoms with E-state index in [-0.39, 0.29) is 18.3 Å². The number of benzene rings is 1. The largest absolute Gasteiger partial charge is 0.472 e. The summed E-state index contributed by atoms with van der Waals surface area (Å²) in [6.45, 7) is 0.851. The third-order valence-electron chi connectivity index (χ3n) is 5.79. The van der Waals surface area contributed by atoms with Crippen molar-refractivity contribution in [3.8, 4) is 5.88 Å². The lowest BCUT2D eigenvalue weighted by Crippen LogP contribution is -2.31. The molecule has 3 rings (SSSR count). The Morgan fingerprint density at radius 1 is 1.30 bits per heavy atom. The Morgan fingerprint density at radius 3 is 2.67 bits per heavy atom. The molecular formula is C22H26F2N2O4. The van der Waals surface area contributed by atoms with E-state index in [0.717, 1.165) is 18.4 Å². The predicted molar refractivity (Wildman–Crippen MR) is 106 cm³/mol. The number of carbonyl (C=O) groups excluding carboxylic acids is 2. The normalized spacial score (nSPS) is 17.1. The van der Waals surface area contributed by atoms with Crippen molar-refractivity contribution < 1.29 is 27.8 Å². The lowest BCUT2D eigenvalue weighted by Gasteiger charge is -2.27. The van der Waals surface area contributed by atoms with Gasteiger partial charge >= 0.3 is 5.97 Å². The highest BCUT2D eigenvalue weighted by Crippen LogP contribution is 2.49. The molecule has 0 amide bonds. The standard InChI is InChI=1S/C22H26F2N2O4/c1-20(14-27,7-10-22(23,24)15-30-18-6-11-25-26-18)17-5-3-4-16(12-17)13-21(8-9-21)19(28)29-2/h3-6,11-12,14H,7-10,13,15H2,1-2H3,(H,25,26). The molecule has 0 saturated heterocycles. The number of rotatable bonds is 11. The van der Waals surface area contributed by atoms with Gasteiger partial charge in [-0.15, -0.1) is 0 Å². The minimum atomic E-state index is -3.10. The van der Waals surface area contributed by atoms with E-state index in [4.69, 9.17) is 9.47 Å². The van der Waals surface area contributed by atoms with Crippen molar-refractivity contribution in [3.05, 3.63) is 47.7 Å². The summed E-state index contributed by atoms with van der Waals surface area (Å²) in [5.74, 6) is -3.17. The predicted octanol–water partition coefficient (Wildman–Crippen LogP) is 3.86. The number of aromatic nitrogens is 2. The molecule has 1 aromatic heterocycles. The summed E-state index contributed by atoms with van der Waals surface area (Å²) in [7, 11) is 1.37. The van der Waals surface area contributed by atoms with Gasteiger partial charge in [0.25, 0.3) is 5.92 Å². The van der Waals surface area contributed by atoms with Gasteiger partial charge in [0.2, 0.25) is 5.88 Å². The summed E-state index contributed by atoms with van der Waals surface area (Å²) in [5.41, 5.74) is -0.0315. The second-order valence-electron chi connectivity index (χ2n) is 8.25. The van der Waals surface area contributed by atoms with E-state index in [0.29, 0.717) is 18.3 Å². The Morgan fingerprint density at radius 2 is 2.07 bits per heavy atom. The van der Waals surface area contributed by atoms with Crippen LogP contribution in [0.25, 0.3) is 0 Å². The molecule has 1 aromatic carbocycles. The van der Waals surface area contributed by atoms with Gasteiger partial charge in [-0.2, -0.15) is 5.10 Å². The van der Waals surface area contributed by atoms with Crippen LogP contribution in [0.3, 0.4) is 0 Å². The number of esters is 1. The Hall–Kier alpha value is -2.77. The molecule has 0 radical (unpaired) electrons. The van der Waals surface area contributed by atoms with Gasteiger partial charge in [0.1, 0.15) is 6.29 Å². The molecule has 1 aliphatic rings. The summed E-state index contributed by atoms with van der Waals surface area (Å²) < 4.78 is 38.5. The summed E-state index contributed by atoms with van der Waals surface area (Å²) >= 11 is 0. The highest BCUT2D eigenvalue weighted by atomic mass is 19.3. The first-order valence-electron chi connectivity index (χ1n) is 9.86. The van der Waals surface area contributed by atoms with Crippen LogP contribution in [0.4, 0.5) is 8.78 Å². The number of aldehydes is 1. The first kappa shape index (κ1) is 21.9. The number of hydrogen-bond acceptors (Lipinski definition) is 5. The first-order chi connectivity index (χ1) is 14.2. The van der Waals surface area contributed by atoms with E-state index < -0.39 is 29.8 Å². The highest BCUT2D eigenvalue weighted by molar-refractivity contribution is 5.80. The van der Waals surface area contributed by atoms with E-state index in [9.17, 15) is 18.4 Å². The molecule has 1 atom stereocenters. The van der Waals surface area contributed by atoms with Crippen LogP contribution in [0.1, 0.15) is 43.7 Å². The molecule has 0 spiro atoms. The zero-order valence-corrected chi connectivity index (χ0v) is 17.1. The maximum Gasteiger partial charge on any atom is 0.312 e. The van der Waals surface area contributed by atoms with E-state index in [2.05, 4.69) is 10.2 Å². The number of aromatic amines is 1. The fourth-order valence-corrected chi connectivity index (χ4v) is 3.54. The fraction of sp³-hybridized carbons (Fsp3) is 0.500. The number of hydrogen-bond donors (Lipinski definition) is 1. The van der Waals surface area contributed by atoms with Gasteiger partial charge in [-0.3, -0.25) is 4.79 Å². The quantitative estimate of drug-likeness (QED) is 0.441. The molecule has 0 aliphatic heterocycles. The van der Waals surface area contributed by atoms with Crippen LogP contribution in [0.5, 0.6) is 5.88 Å². The molecule has 1 heterocycles. The van der Waals surface area contributed by atoms with E-state index >= 15 is 0 Å². The van der Waals surface area contributed by atoms with Crippen LogP contribution in [0.2, 0.25) is 0 Å². The van der Waals surface area contributed by atoms with Crippen LogP contribution < -0.4 is 4.74 Å². The minimum absolute atomic E-state index is 0.0402. The average molecular weight is 420 g/mol.